The lowest BCUT2D eigenvalue weighted by Crippen LogP contribution is -2.34. The summed E-state index contributed by atoms with van der Waals surface area (Å²) < 4.78 is 0. The molecule has 0 spiro atoms. The molecule has 0 aromatic heterocycles. The van der Waals surface area contributed by atoms with Gasteiger partial charge in [-0.15, -0.1) is 0 Å². The normalized spacial score (nSPS) is 11.0. The van der Waals surface area contributed by atoms with Crippen molar-refractivity contribution in [2.75, 3.05) is 11.4 Å². The Morgan fingerprint density at radius 2 is 1.94 bits per heavy atom. The van der Waals surface area contributed by atoms with Crippen LogP contribution in [-0.2, 0) is 0 Å². The van der Waals surface area contributed by atoms with Crippen LogP contribution in [-0.4, -0.2) is 18.9 Å². The van der Waals surface area contributed by atoms with E-state index >= 15 is 0 Å². The zero-order chi connectivity index (χ0) is 13.0. The molecule has 1 rings (SSSR count). The lowest BCUT2D eigenvalue weighted by atomic mass is 10.1. The van der Waals surface area contributed by atoms with Gasteiger partial charge < -0.3 is 4.90 Å². The number of carbonyl (C=O) groups excluding carboxylic acids is 1. The van der Waals surface area contributed by atoms with Crippen molar-refractivity contribution in [1.29, 1.82) is 0 Å². The fraction of sp³-hybridized carbons (Fsp3) is 0.500. The second kappa shape index (κ2) is 6.06. The Bertz CT molecular complexity index is 388. The number of aldehydes is 1. The van der Waals surface area contributed by atoms with Gasteiger partial charge in [-0.1, -0.05) is 25.4 Å². The molecule has 17 heavy (non-hydrogen) atoms. The highest BCUT2D eigenvalue weighted by atomic mass is 35.5. The first-order chi connectivity index (χ1) is 7.95. The summed E-state index contributed by atoms with van der Waals surface area (Å²) in [7, 11) is 0. The van der Waals surface area contributed by atoms with Crippen molar-refractivity contribution in [2.24, 2.45) is 5.92 Å². The SMILES string of the molecule is CC(C)CN(c1ccc(Cl)cc1C=O)C(C)C. The van der Waals surface area contributed by atoms with E-state index in [9.17, 15) is 4.79 Å². The van der Waals surface area contributed by atoms with Gasteiger partial charge in [-0.2, -0.15) is 0 Å². The van der Waals surface area contributed by atoms with E-state index in [0.717, 1.165) is 18.5 Å². The summed E-state index contributed by atoms with van der Waals surface area (Å²) >= 11 is 5.91. The molecule has 94 valence electrons. The lowest BCUT2D eigenvalue weighted by molar-refractivity contribution is 0.112. The maximum atomic E-state index is 11.1. The number of nitrogens with zero attached hydrogens (tertiary/aromatic N) is 1. The molecule has 0 radical (unpaired) electrons. The van der Waals surface area contributed by atoms with Gasteiger partial charge in [0.25, 0.3) is 0 Å². The molecule has 0 aliphatic heterocycles. The monoisotopic (exact) mass is 253 g/mol. The largest absolute Gasteiger partial charge is 0.368 e. The second-order valence-corrected chi connectivity index (χ2v) is 5.40. The number of halogens is 1. The van der Waals surface area contributed by atoms with Gasteiger partial charge in [-0.3, -0.25) is 4.79 Å². The standard InChI is InChI=1S/C14H20ClNO/c1-10(2)8-16(11(3)4)14-6-5-13(15)7-12(14)9-17/h5-7,9-11H,8H2,1-4H3. The topological polar surface area (TPSA) is 20.3 Å². The fourth-order valence-corrected chi connectivity index (χ4v) is 2.04. The van der Waals surface area contributed by atoms with Crippen LogP contribution < -0.4 is 4.90 Å². The highest BCUT2D eigenvalue weighted by Crippen LogP contribution is 2.25. The molecule has 0 heterocycles. The smallest absolute Gasteiger partial charge is 0.152 e. The number of anilines is 1. The molecule has 0 N–H and O–H groups in total. The first kappa shape index (κ1) is 14.0. The molecular formula is C14H20ClNO. The minimum Gasteiger partial charge on any atom is -0.368 e. The molecule has 1 aromatic carbocycles. The van der Waals surface area contributed by atoms with E-state index in [1.807, 2.05) is 12.1 Å². The van der Waals surface area contributed by atoms with Crippen molar-refractivity contribution < 1.29 is 4.79 Å². The Labute approximate surface area is 109 Å². The second-order valence-electron chi connectivity index (χ2n) is 4.96. The first-order valence-electron chi connectivity index (χ1n) is 5.97. The summed E-state index contributed by atoms with van der Waals surface area (Å²) in [5, 5.41) is 0.601. The van der Waals surface area contributed by atoms with E-state index in [4.69, 9.17) is 11.6 Å². The van der Waals surface area contributed by atoms with Crippen molar-refractivity contribution in [2.45, 2.75) is 33.7 Å². The third kappa shape index (κ3) is 3.74. The average Bonchev–Trinajstić information content (AvgIpc) is 2.25. The van der Waals surface area contributed by atoms with Crippen molar-refractivity contribution in [1.82, 2.24) is 0 Å². The van der Waals surface area contributed by atoms with Gasteiger partial charge in [0.05, 0.1) is 0 Å². The van der Waals surface area contributed by atoms with Gasteiger partial charge in [0.1, 0.15) is 0 Å². The maximum Gasteiger partial charge on any atom is 0.152 e. The van der Waals surface area contributed by atoms with Crippen LogP contribution >= 0.6 is 11.6 Å². The Kier molecular flexibility index (Phi) is 5.01. The Hall–Kier alpha value is -1.02. The fourth-order valence-electron chi connectivity index (χ4n) is 1.86. The molecule has 1 aromatic rings. The molecule has 0 saturated carbocycles. The van der Waals surface area contributed by atoms with Crippen LogP contribution in [0.4, 0.5) is 5.69 Å². The molecule has 0 saturated heterocycles. The molecule has 0 bridgehead atoms. The van der Waals surface area contributed by atoms with Crippen LogP contribution in [0, 0.1) is 5.92 Å². The van der Waals surface area contributed by atoms with Gasteiger partial charge in [-0.25, -0.2) is 0 Å². The van der Waals surface area contributed by atoms with Gasteiger partial charge in [0.15, 0.2) is 6.29 Å². The average molecular weight is 254 g/mol. The van der Waals surface area contributed by atoms with Crippen molar-refractivity contribution in [3.05, 3.63) is 28.8 Å². The summed E-state index contributed by atoms with van der Waals surface area (Å²) in [6, 6.07) is 5.84. The molecule has 2 nitrogen and oxygen atoms in total. The molecule has 0 amide bonds. The minimum absolute atomic E-state index is 0.359. The molecule has 0 unspecified atom stereocenters. The van der Waals surface area contributed by atoms with E-state index in [1.165, 1.54) is 0 Å². The predicted molar refractivity (Wildman–Crippen MR) is 74.2 cm³/mol. The number of carbonyl (C=O) groups is 1. The zero-order valence-corrected chi connectivity index (χ0v) is 11.7. The lowest BCUT2D eigenvalue weighted by Gasteiger charge is -2.31. The quantitative estimate of drug-likeness (QED) is 0.739. The van der Waals surface area contributed by atoms with E-state index in [-0.39, 0.29) is 0 Å². The predicted octanol–water partition coefficient (Wildman–Crippen LogP) is 4.02. The third-order valence-electron chi connectivity index (χ3n) is 2.61. The van der Waals surface area contributed by atoms with Crippen LogP contribution in [0.25, 0.3) is 0 Å². The minimum atomic E-state index is 0.359. The number of hydrogen-bond acceptors (Lipinski definition) is 2. The summed E-state index contributed by atoms with van der Waals surface area (Å²) in [4.78, 5) is 13.3. The van der Waals surface area contributed by atoms with Crippen LogP contribution in [0.2, 0.25) is 5.02 Å². The molecule has 0 atom stereocenters. The summed E-state index contributed by atoms with van der Waals surface area (Å²) in [6.45, 7) is 9.54. The van der Waals surface area contributed by atoms with Crippen LogP contribution in [0.15, 0.2) is 18.2 Å². The van der Waals surface area contributed by atoms with Gasteiger partial charge in [0.2, 0.25) is 0 Å². The number of rotatable bonds is 5. The maximum absolute atomic E-state index is 11.1. The van der Waals surface area contributed by atoms with E-state index < -0.39 is 0 Å². The zero-order valence-electron chi connectivity index (χ0n) is 10.9. The molecule has 0 aliphatic rings. The highest BCUT2D eigenvalue weighted by Gasteiger charge is 2.15. The van der Waals surface area contributed by atoms with E-state index in [1.54, 1.807) is 6.07 Å². The van der Waals surface area contributed by atoms with Crippen LogP contribution in [0.3, 0.4) is 0 Å². The summed E-state index contributed by atoms with van der Waals surface area (Å²) in [5.41, 5.74) is 1.62. The highest BCUT2D eigenvalue weighted by molar-refractivity contribution is 6.31. The molecule has 0 fully saturated rings. The van der Waals surface area contributed by atoms with Gasteiger partial charge in [-0.05, 0) is 38.0 Å². The Balaban J connectivity index is 3.13. The third-order valence-corrected chi connectivity index (χ3v) is 2.85. The first-order valence-corrected chi connectivity index (χ1v) is 6.35. The van der Waals surface area contributed by atoms with E-state index in [0.29, 0.717) is 22.5 Å². The summed E-state index contributed by atoms with van der Waals surface area (Å²) in [6.07, 6.45) is 0.872. The molecule has 0 aliphatic carbocycles. The Morgan fingerprint density at radius 1 is 1.29 bits per heavy atom. The van der Waals surface area contributed by atoms with Crippen LogP contribution in [0.5, 0.6) is 0 Å². The van der Waals surface area contributed by atoms with Crippen molar-refractivity contribution >= 4 is 23.6 Å². The van der Waals surface area contributed by atoms with Crippen LogP contribution in [0.1, 0.15) is 38.1 Å². The molecule has 3 heteroatoms. The van der Waals surface area contributed by atoms with Gasteiger partial charge >= 0.3 is 0 Å². The van der Waals surface area contributed by atoms with Crippen molar-refractivity contribution in [3.8, 4) is 0 Å². The van der Waals surface area contributed by atoms with Crippen molar-refractivity contribution in [3.63, 3.8) is 0 Å². The molecular weight excluding hydrogens is 234 g/mol. The van der Waals surface area contributed by atoms with E-state index in [2.05, 4.69) is 32.6 Å². The van der Waals surface area contributed by atoms with Gasteiger partial charge in [0, 0.05) is 28.9 Å². The summed E-state index contributed by atoms with van der Waals surface area (Å²) in [5.74, 6) is 0.549. The Morgan fingerprint density at radius 3 is 2.41 bits per heavy atom. The number of benzene rings is 1. The number of hydrogen-bond donors (Lipinski definition) is 0.